The smallest absolute Gasteiger partial charge is 0.291 e. The van der Waals surface area contributed by atoms with E-state index in [4.69, 9.17) is 5.11 Å². The monoisotopic (exact) mass is 324 g/mol. The van der Waals surface area contributed by atoms with E-state index >= 15 is 0 Å². The summed E-state index contributed by atoms with van der Waals surface area (Å²) in [5.74, 6) is -2.27. The number of carbonyl (C=O) groups is 3. The zero-order chi connectivity index (χ0) is 18.0. The Labute approximate surface area is 135 Å². The van der Waals surface area contributed by atoms with Gasteiger partial charge in [-0.3, -0.25) is 14.4 Å². The van der Waals surface area contributed by atoms with Gasteiger partial charge in [-0.15, -0.1) is 0 Å². The van der Waals surface area contributed by atoms with Gasteiger partial charge in [0.2, 0.25) is 11.7 Å². The molecule has 0 saturated carbocycles. The van der Waals surface area contributed by atoms with Crippen LogP contribution in [0.5, 0.6) is 0 Å². The molecule has 0 bridgehead atoms. The Bertz CT molecular complexity index is 509. The van der Waals surface area contributed by atoms with Crippen LogP contribution < -0.4 is 10.6 Å². The Hall–Kier alpha value is -2.25. The van der Waals surface area contributed by atoms with Gasteiger partial charge in [0.25, 0.3) is 5.91 Å². The molecule has 0 aliphatic rings. The van der Waals surface area contributed by atoms with E-state index in [2.05, 4.69) is 23.8 Å². The highest BCUT2D eigenvalue weighted by Gasteiger charge is 2.32. The van der Waals surface area contributed by atoms with Gasteiger partial charge in [0.05, 0.1) is 6.61 Å². The van der Waals surface area contributed by atoms with Gasteiger partial charge in [-0.2, -0.15) is 0 Å². The van der Waals surface area contributed by atoms with Crippen molar-refractivity contribution in [3.05, 3.63) is 37.1 Å². The summed E-state index contributed by atoms with van der Waals surface area (Å²) in [5.41, 5.74) is -0.665. The van der Waals surface area contributed by atoms with Gasteiger partial charge < -0.3 is 20.8 Å². The first-order valence-corrected chi connectivity index (χ1v) is 7.05. The lowest BCUT2D eigenvalue weighted by Gasteiger charge is -2.27. The van der Waals surface area contributed by atoms with Crippen LogP contribution in [-0.4, -0.2) is 47.1 Å². The zero-order valence-corrected chi connectivity index (χ0v) is 13.5. The molecule has 0 aromatic rings. The highest BCUT2D eigenvalue weighted by Crippen LogP contribution is 2.19. The number of rotatable bonds is 10. The fourth-order valence-corrected chi connectivity index (χ4v) is 1.44. The number of aliphatic hydroxyl groups is 2. The molecule has 0 aromatic heterocycles. The van der Waals surface area contributed by atoms with Crippen LogP contribution >= 0.6 is 0 Å². The van der Waals surface area contributed by atoms with Crippen molar-refractivity contribution in [1.82, 2.24) is 10.6 Å². The molecule has 0 spiro atoms. The van der Waals surface area contributed by atoms with Crippen molar-refractivity contribution in [2.45, 2.75) is 26.4 Å². The van der Waals surface area contributed by atoms with Crippen molar-refractivity contribution < 1.29 is 24.6 Å². The fourth-order valence-electron chi connectivity index (χ4n) is 1.44. The van der Waals surface area contributed by atoms with Crippen LogP contribution in [-0.2, 0) is 14.4 Å². The van der Waals surface area contributed by atoms with E-state index in [0.29, 0.717) is 5.70 Å². The number of hydrogen-bond donors (Lipinski definition) is 4. The quantitative estimate of drug-likeness (QED) is 0.328. The Kier molecular flexibility index (Phi) is 8.75. The van der Waals surface area contributed by atoms with Crippen molar-refractivity contribution in [2.75, 3.05) is 13.2 Å². The molecular weight excluding hydrogens is 300 g/mol. The van der Waals surface area contributed by atoms with Gasteiger partial charge in [-0.25, -0.2) is 0 Å². The average Bonchev–Trinajstić information content (AvgIpc) is 2.52. The van der Waals surface area contributed by atoms with E-state index in [1.807, 2.05) is 0 Å². The van der Waals surface area contributed by atoms with E-state index in [1.165, 1.54) is 32.1 Å². The number of carbonyl (C=O) groups excluding carboxylic acids is 3. The maximum Gasteiger partial charge on any atom is 0.291 e. The molecular formula is C16H24N2O5. The Morgan fingerprint density at radius 1 is 1.26 bits per heavy atom. The van der Waals surface area contributed by atoms with E-state index in [0.717, 1.165) is 0 Å². The molecule has 0 aliphatic heterocycles. The summed E-state index contributed by atoms with van der Waals surface area (Å²) in [7, 11) is 0. The third-order valence-electron chi connectivity index (χ3n) is 3.08. The Balaban J connectivity index is 4.38. The zero-order valence-electron chi connectivity index (χ0n) is 13.5. The molecule has 1 atom stereocenters. The minimum Gasteiger partial charge on any atom is -0.396 e. The summed E-state index contributed by atoms with van der Waals surface area (Å²) in [5, 5.41) is 23.5. The lowest BCUT2D eigenvalue weighted by atomic mass is 9.87. The molecule has 2 amide bonds. The van der Waals surface area contributed by atoms with Crippen LogP contribution in [0.25, 0.3) is 0 Å². The first-order valence-electron chi connectivity index (χ1n) is 7.05. The number of hydrogen-bond acceptors (Lipinski definition) is 5. The van der Waals surface area contributed by atoms with Crippen molar-refractivity contribution in [3.63, 3.8) is 0 Å². The van der Waals surface area contributed by atoms with E-state index in [1.54, 1.807) is 0 Å². The van der Waals surface area contributed by atoms with E-state index in [-0.39, 0.29) is 19.6 Å². The molecule has 0 radical (unpaired) electrons. The van der Waals surface area contributed by atoms with Crippen LogP contribution in [0.4, 0.5) is 0 Å². The Morgan fingerprint density at radius 2 is 1.87 bits per heavy atom. The Morgan fingerprint density at radius 3 is 2.35 bits per heavy atom. The van der Waals surface area contributed by atoms with Crippen molar-refractivity contribution in [1.29, 1.82) is 0 Å². The predicted octanol–water partition coefficient (Wildman–Crippen LogP) is -0.187. The molecule has 128 valence electrons. The second-order valence-corrected chi connectivity index (χ2v) is 5.53. The van der Waals surface area contributed by atoms with E-state index in [9.17, 15) is 19.5 Å². The van der Waals surface area contributed by atoms with E-state index < -0.39 is 29.1 Å². The molecule has 0 rings (SSSR count). The first kappa shape index (κ1) is 20.8. The SMILES string of the molecule is C=CC=C(C=C)NC(=O)C(=O)CCNC(=O)C(O)C(C)(C)CO. The molecule has 1 unspecified atom stereocenters. The maximum atomic E-state index is 11.7. The number of ketones is 1. The van der Waals surface area contributed by atoms with Crippen LogP contribution in [0, 0.1) is 5.41 Å². The molecule has 7 nitrogen and oxygen atoms in total. The summed E-state index contributed by atoms with van der Waals surface area (Å²) in [6, 6.07) is 0. The average molecular weight is 324 g/mol. The minimum atomic E-state index is -1.42. The lowest BCUT2D eigenvalue weighted by molar-refractivity contribution is -0.139. The molecule has 4 N–H and O–H groups in total. The molecule has 0 saturated heterocycles. The molecule has 0 aromatic carbocycles. The standard InChI is InChI=1S/C16H24N2O5/c1-5-7-11(6-2)18-14(22)12(20)8-9-17-15(23)13(21)16(3,4)10-19/h5-7,13,19,21H,1-2,8-10H2,3-4H3,(H,17,23)(H,18,22). The normalized spacial score (nSPS) is 13.0. The third kappa shape index (κ3) is 7.03. The highest BCUT2D eigenvalue weighted by molar-refractivity contribution is 6.36. The lowest BCUT2D eigenvalue weighted by Crippen LogP contribution is -2.46. The topological polar surface area (TPSA) is 116 Å². The summed E-state index contributed by atoms with van der Waals surface area (Å²) >= 11 is 0. The van der Waals surface area contributed by atoms with Crippen LogP contribution in [0.1, 0.15) is 20.3 Å². The minimum absolute atomic E-state index is 0.0990. The van der Waals surface area contributed by atoms with Gasteiger partial charge in [0.15, 0.2) is 0 Å². The van der Waals surface area contributed by atoms with Crippen molar-refractivity contribution in [3.8, 4) is 0 Å². The number of amides is 2. The molecule has 0 aliphatic carbocycles. The fraction of sp³-hybridized carbons (Fsp3) is 0.438. The number of nitrogens with one attached hydrogen (secondary N) is 2. The highest BCUT2D eigenvalue weighted by atomic mass is 16.3. The molecule has 0 heterocycles. The van der Waals surface area contributed by atoms with Crippen LogP contribution in [0.3, 0.4) is 0 Å². The number of aliphatic hydroxyl groups excluding tert-OH is 2. The van der Waals surface area contributed by atoms with Crippen LogP contribution in [0.15, 0.2) is 37.1 Å². The van der Waals surface area contributed by atoms with Gasteiger partial charge in [-0.1, -0.05) is 33.1 Å². The summed E-state index contributed by atoms with van der Waals surface area (Å²) in [6.45, 7) is 9.53. The summed E-state index contributed by atoms with van der Waals surface area (Å²) in [6.07, 6.45) is 2.64. The number of allylic oxidation sites excluding steroid dienone is 3. The first-order chi connectivity index (χ1) is 10.7. The molecule has 0 fully saturated rings. The van der Waals surface area contributed by atoms with Gasteiger partial charge in [0.1, 0.15) is 6.10 Å². The summed E-state index contributed by atoms with van der Waals surface area (Å²) in [4.78, 5) is 35.0. The maximum absolute atomic E-state index is 11.7. The predicted molar refractivity (Wildman–Crippen MR) is 86.1 cm³/mol. The molecule has 23 heavy (non-hydrogen) atoms. The van der Waals surface area contributed by atoms with Gasteiger partial charge in [0, 0.05) is 24.1 Å². The van der Waals surface area contributed by atoms with Crippen molar-refractivity contribution >= 4 is 17.6 Å². The largest absolute Gasteiger partial charge is 0.396 e. The van der Waals surface area contributed by atoms with Gasteiger partial charge >= 0.3 is 0 Å². The second kappa shape index (κ2) is 9.70. The number of Topliss-reactive ketones (excluding diaryl/α,β-unsaturated/α-hetero) is 1. The third-order valence-corrected chi connectivity index (χ3v) is 3.08. The van der Waals surface area contributed by atoms with Crippen molar-refractivity contribution in [2.24, 2.45) is 5.41 Å². The van der Waals surface area contributed by atoms with Gasteiger partial charge in [-0.05, 0) is 12.2 Å². The summed E-state index contributed by atoms with van der Waals surface area (Å²) < 4.78 is 0. The molecule has 7 heteroatoms. The second-order valence-electron chi connectivity index (χ2n) is 5.53. The van der Waals surface area contributed by atoms with Crippen LogP contribution in [0.2, 0.25) is 0 Å².